The van der Waals surface area contributed by atoms with Gasteiger partial charge < -0.3 is 10.5 Å². The Balaban J connectivity index is 2.51. The van der Waals surface area contributed by atoms with Crippen LogP contribution in [0.2, 0.25) is 0 Å². The van der Waals surface area contributed by atoms with Crippen LogP contribution in [0.1, 0.15) is 33.1 Å². The smallest absolute Gasteiger partial charge is 0.214 e. The van der Waals surface area contributed by atoms with Crippen molar-refractivity contribution in [3.05, 3.63) is 0 Å². The van der Waals surface area contributed by atoms with Crippen LogP contribution in [-0.2, 0) is 14.8 Å². The molecule has 0 amide bonds. The van der Waals surface area contributed by atoms with E-state index >= 15 is 0 Å². The Labute approximate surface area is 104 Å². The maximum Gasteiger partial charge on any atom is 0.214 e. The van der Waals surface area contributed by atoms with Crippen molar-refractivity contribution in [2.24, 2.45) is 5.73 Å². The van der Waals surface area contributed by atoms with Gasteiger partial charge in [-0.15, -0.1) is 0 Å². The summed E-state index contributed by atoms with van der Waals surface area (Å²) < 4.78 is 31.0. The zero-order valence-electron chi connectivity index (χ0n) is 11.0. The highest BCUT2D eigenvalue weighted by Crippen LogP contribution is 2.18. The molecule has 2 N–H and O–H groups in total. The zero-order valence-corrected chi connectivity index (χ0v) is 11.8. The van der Waals surface area contributed by atoms with E-state index in [1.54, 1.807) is 11.4 Å². The van der Waals surface area contributed by atoms with Gasteiger partial charge in [-0.2, -0.15) is 0 Å². The largest absolute Gasteiger partial charge is 0.379 e. The maximum atomic E-state index is 12.1. The predicted octanol–water partition coefficient (Wildman–Crippen LogP) is 0.554. The fraction of sp³-hybridized carbons (Fsp3) is 1.00. The lowest BCUT2D eigenvalue weighted by Gasteiger charge is -2.30. The van der Waals surface area contributed by atoms with E-state index in [-0.39, 0.29) is 17.4 Å². The zero-order chi connectivity index (χ0) is 13.1. The minimum atomic E-state index is -3.15. The lowest BCUT2D eigenvalue weighted by atomic mass is 10.1. The van der Waals surface area contributed by atoms with Crippen molar-refractivity contribution < 1.29 is 13.2 Å². The highest BCUT2D eigenvalue weighted by atomic mass is 32.2. The Hall–Kier alpha value is -0.170. The first-order valence-electron chi connectivity index (χ1n) is 6.05. The molecule has 1 heterocycles. The molecule has 0 atom stereocenters. The summed E-state index contributed by atoms with van der Waals surface area (Å²) >= 11 is 0. The molecule has 5 nitrogen and oxygen atoms in total. The van der Waals surface area contributed by atoms with Crippen molar-refractivity contribution >= 4 is 10.0 Å². The van der Waals surface area contributed by atoms with Gasteiger partial charge in [0.05, 0.1) is 11.4 Å². The first-order chi connectivity index (χ1) is 7.77. The molecule has 0 aromatic rings. The molecule has 6 heteroatoms. The van der Waals surface area contributed by atoms with E-state index in [9.17, 15) is 8.42 Å². The van der Waals surface area contributed by atoms with Crippen molar-refractivity contribution in [3.63, 3.8) is 0 Å². The van der Waals surface area contributed by atoms with Crippen LogP contribution in [0, 0.1) is 0 Å². The van der Waals surface area contributed by atoms with Crippen molar-refractivity contribution in [2.45, 2.75) is 44.8 Å². The Bertz CT molecular complexity index is 333. The lowest BCUT2D eigenvalue weighted by molar-refractivity contribution is 0.0200. The highest BCUT2D eigenvalue weighted by Gasteiger charge is 2.28. The van der Waals surface area contributed by atoms with Gasteiger partial charge in [-0.05, 0) is 33.1 Å². The molecule has 1 fully saturated rings. The van der Waals surface area contributed by atoms with E-state index in [1.165, 1.54) is 0 Å². The molecule has 0 unspecified atom stereocenters. The summed E-state index contributed by atoms with van der Waals surface area (Å²) in [7, 11) is -1.55. The van der Waals surface area contributed by atoms with Crippen LogP contribution < -0.4 is 5.73 Å². The third-order valence-electron chi connectivity index (χ3n) is 3.41. The van der Waals surface area contributed by atoms with Crippen LogP contribution in [0.4, 0.5) is 0 Å². The van der Waals surface area contributed by atoms with Crippen LogP contribution in [0.25, 0.3) is 0 Å². The van der Waals surface area contributed by atoms with Gasteiger partial charge in [-0.1, -0.05) is 0 Å². The highest BCUT2D eigenvalue weighted by molar-refractivity contribution is 7.89. The fourth-order valence-electron chi connectivity index (χ4n) is 1.76. The molecule has 1 rings (SSSR count). The van der Waals surface area contributed by atoms with E-state index in [1.807, 2.05) is 13.8 Å². The Morgan fingerprint density at radius 2 is 1.88 bits per heavy atom. The summed E-state index contributed by atoms with van der Waals surface area (Å²) in [5.41, 5.74) is 5.37. The van der Waals surface area contributed by atoms with Crippen molar-refractivity contribution in [1.29, 1.82) is 0 Å². The second-order valence-corrected chi connectivity index (χ2v) is 7.35. The first kappa shape index (κ1) is 14.9. The molecule has 0 aromatic heterocycles. The van der Waals surface area contributed by atoms with Crippen molar-refractivity contribution in [2.75, 3.05) is 26.0 Å². The molecule has 0 bridgehead atoms. The predicted molar refractivity (Wildman–Crippen MR) is 68.3 cm³/mol. The number of nitrogens with two attached hydrogens (primary N) is 1. The van der Waals surface area contributed by atoms with E-state index in [0.717, 1.165) is 12.8 Å². The molecule has 17 heavy (non-hydrogen) atoms. The standard InChI is InChI=1S/C11H24N2O3S/c1-11(2,16-3)6-9-17(14,15)13-7-4-10(12)5-8-13/h10H,4-9,12H2,1-3H3. The second-order valence-electron chi connectivity index (χ2n) is 5.27. The van der Waals surface area contributed by atoms with Gasteiger partial charge in [0.1, 0.15) is 0 Å². The average molecular weight is 264 g/mol. The minimum absolute atomic E-state index is 0.142. The number of hydrogen-bond donors (Lipinski definition) is 1. The van der Waals surface area contributed by atoms with Crippen molar-refractivity contribution in [1.82, 2.24) is 4.31 Å². The van der Waals surface area contributed by atoms with E-state index in [4.69, 9.17) is 10.5 Å². The first-order valence-corrected chi connectivity index (χ1v) is 7.66. The number of nitrogens with zero attached hydrogens (tertiary/aromatic N) is 1. The van der Waals surface area contributed by atoms with Gasteiger partial charge in [-0.3, -0.25) is 0 Å². The van der Waals surface area contributed by atoms with Gasteiger partial charge in [0.25, 0.3) is 0 Å². The van der Waals surface area contributed by atoms with Crippen LogP contribution in [0.15, 0.2) is 0 Å². The molecule has 1 saturated heterocycles. The number of rotatable bonds is 5. The summed E-state index contributed by atoms with van der Waals surface area (Å²) in [4.78, 5) is 0. The van der Waals surface area contributed by atoms with Gasteiger partial charge in [-0.25, -0.2) is 12.7 Å². The maximum absolute atomic E-state index is 12.1. The Morgan fingerprint density at radius 3 is 2.35 bits per heavy atom. The normalized spacial score (nSPS) is 20.7. The van der Waals surface area contributed by atoms with Crippen LogP contribution in [0.5, 0.6) is 0 Å². The monoisotopic (exact) mass is 264 g/mol. The number of ether oxygens (including phenoxy) is 1. The molecule has 0 saturated carbocycles. The fourth-order valence-corrected chi connectivity index (χ4v) is 3.53. The summed E-state index contributed by atoms with van der Waals surface area (Å²) in [6.45, 7) is 4.90. The molecule has 1 aliphatic rings. The second kappa shape index (κ2) is 5.65. The summed E-state index contributed by atoms with van der Waals surface area (Å²) in [6, 6.07) is 0.150. The SMILES string of the molecule is COC(C)(C)CCS(=O)(=O)N1CCC(N)CC1. The molecular weight excluding hydrogens is 240 g/mol. The van der Waals surface area contributed by atoms with Gasteiger partial charge in [0, 0.05) is 26.2 Å². The number of piperidine rings is 1. The van der Waals surface area contributed by atoms with Crippen LogP contribution in [-0.4, -0.2) is 50.3 Å². The van der Waals surface area contributed by atoms with Crippen LogP contribution in [0.3, 0.4) is 0 Å². The van der Waals surface area contributed by atoms with Gasteiger partial charge in [0.2, 0.25) is 10.0 Å². The Kier molecular flexibility index (Phi) is 4.95. The molecule has 1 aliphatic heterocycles. The molecule has 0 aromatic carbocycles. The van der Waals surface area contributed by atoms with E-state index in [2.05, 4.69) is 0 Å². The molecule has 0 spiro atoms. The topological polar surface area (TPSA) is 72.6 Å². The van der Waals surface area contributed by atoms with Gasteiger partial charge >= 0.3 is 0 Å². The summed E-state index contributed by atoms with van der Waals surface area (Å²) in [6.07, 6.45) is 2.02. The van der Waals surface area contributed by atoms with Gasteiger partial charge in [0.15, 0.2) is 0 Å². The molecule has 0 radical (unpaired) electrons. The van der Waals surface area contributed by atoms with Crippen LogP contribution >= 0.6 is 0 Å². The average Bonchev–Trinajstić information content (AvgIpc) is 2.27. The van der Waals surface area contributed by atoms with Crippen molar-refractivity contribution in [3.8, 4) is 0 Å². The summed E-state index contributed by atoms with van der Waals surface area (Å²) in [5.74, 6) is 0.142. The minimum Gasteiger partial charge on any atom is -0.379 e. The number of hydrogen-bond acceptors (Lipinski definition) is 4. The number of sulfonamides is 1. The molecular formula is C11H24N2O3S. The lowest BCUT2D eigenvalue weighted by Crippen LogP contribution is -2.44. The number of methoxy groups -OCH3 is 1. The van der Waals surface area contributed by atoms with E-state index < -0.39 is 10.0 Å². The molecule has 102 valence electrons. The summed E-state index contributed by atoms with van der Waals surface area (Å²) in [5, 5.41) is 0. The third kappa shape index (κ3) is 4.54. The quantitative estimate of drug-likeness (QED) is 0.787. The molecule has 0 aliphatic carbocycles. The van der Waals surface area contributed by atoms with E-state index in [0.29, 0.717) is 19.5 Å². The Morgan fingerprint density at radius 1 is 1.35 bits per heavy atom. The third-order valence-corrected chi connectivity index (χ3v) is 5.28.